The van der Waals surface area contributed by atoms with Crippen LogP contribution in [0.4, 0.5) is 5.95 Å². The Balaban J connectivity index is 1.35. The minimum Gasteiger partial charge on any atom is -0.376 e. The molecule has 6 nitrogen and oxygen atoms in total. The van der Waals surface area contributed by atoms with E-state index >= 15 is 0 Å². The Morgan fingerprint density at radius 3 is 2.80 bits per heavy atom. The van der Waals surface area contributed by atoms with Gasteiger partial charge in [-0.3, -0.25) is 4.98 Å². The van der Waals surface area contributed by atoms with Crippen molar-refractivity contribution in [2.75, 3.05) is 24.7 Å². The monoisotopic (exact) mass is 340 g/mol. The third kappa shape index (κ3) is 3.80. The normalized spacial score (nSPS) is 25.8. The second-order valence-electron chi connectivity index (χ2n) is 6.94. The molecule has 0 N–H and O–H groups in total. The Morgan fingerprint density at radius 2 is 2.00 bits per heavy atom. The molecule has 4 rings (SSSR count). The average molecular weight is 340 g/mol. The van der Waals surface area contributed by atoms with Gasteiger partial charge in [0.2, 0.25) is 5.95 Å². The first-order chi connectivity index (χ1) is 12.3. The van der Waals surface area contributed by atoms with E-state index in [0.29, 0.717) is 18.6 Å². The summed E-state index contributed by atoms with van der Waals surface area (Å²) < 4.78 is 11.9. The summed E-state index contributed by atoms with van der Waals surface area (Å²) in [7, 11) is 0. The number of pyridine rings is 1. The molecule has 1 saturated heterocycles. The molecule has 0 amide bonds. The molecule has 2 aromatic rings. The lowest BCUT2D eigenvalue weighted by atomic mass is 10.1. The van der Waals surface area contributed by atoms with Crippen LogP contribution < -0.4 is 4.90 Å². The Hall–Kier alpha value is -2.05. The number of aryl methyl sites for hydroxylation is 1. The molecular formula is C19H24N4O2. The number of hydrogen-bond acceptors (Lipinski definition) is 6. The van der Waals surface area contributed by atoms with Gasteiger partial charge in [-0.05, 0) is 48.9 Å². The topological polar surface area (TPSA) is 60.4 Å². The minimum absolute atomic E-state index is 0.258. The van der Waals surface area contributed by atoms with E-state index in [-0.39, 0.29) is 6.10 Å². The lowest BCUT2D eigenvalue weighted by molar-refractivity contribution is 0.0200. The Morgan fingerprint density at radius 1 is 1.20 bits per heavy atom. The molecule has 1 aliphatic carbocycles. The molecule has 2 aromatic heterocycles. The van der Waals surface area contributed by atoms with Crippen LogP contribution in [0.3, 0.4) is 0 Å². The van der Waals surface area contributed by atoms with Gasteiger partial charge in [0.1, 0.15) is 0 Å². The zero-order valence-corrected chi connectivity index (χ0v) is 14.5. The standard InChI is InChI=1S/C19H24N4O2/c1-14-10-21-19(22-11-14)23-6-7-25-18-9-16(8-17(18)23)13-24-12-15-2-4-20-5-3-15/h2-5,10-11,16-18H,6-9,12-13H2,1H3/t16-,17-,18-/m0/s1. The van der Waals surface area contributed by atoms with Crippen molar-refractivity contribution >= 4 is 5.95 Å². The molecule has 1 saturated carbocycles. The smallest absolute Gasteiger partial charge is 0.225 e. The first kappa shape index (κ1) is 16.4. The molecule has 0 unspecified atom stereocenters. The van der Waals surface area contributed by atoms with Gasteiger partial charge in [-0.15, -0.1) is 0 Å². The molecule has 3 heterocycles. The van der Waals surface area contributed by atoms with Crippen LogP contribution in [0.2, 0.25) is 0 Å². The maximum atomic E-state index is 6.01. The molecule has 0 spiro atoms. The highest BCUT2D eigenvalue weighted by atomic mass is 16.5. The van der Waals surface area contributed by atoms with Crippen molar-refractivity contribution in [2.24, 2.45) is 5.92 Å². The van der Waals surface area contributed by atoms with Crippen LogP contribution in [0, 0.1) is 12.8 Å². The highest BCUT2D eigenvalue weighted by Gasteiger charge is 2.42. The van der Waals surface area contributed by atoms with Gasteiger partial charge >= 0.3 is 0 Å². The molecule has 0 radical (unpaired) electrons. The summed E-state index contributed by atoms with van der Waals surface area (Å²) in [6, 6.07) is 4.34. The quantitative estimate of drug-likeness (QED) is 0.833. The largest absolute Gasteiger partial charge is 0.376 e. The van der Waals surface area contributed by atoms with Crippen molar-refractivity contribution in [1.82, 2.24) is 15.0 Å². The fourth-order valence-electron chi connectivity index (χ4n) is 3.79. The Labute approximate surface area is 148 Å². The molecule has 3 atom stereocenters. The van der Waals surface area contributed by atoms with Gasteiger partial charge < -0.3 is 14.4 Å². The number of anilines is 1. The molecule has 0 bridgehead atoms. The molecule has 0 aromatic carbocycles. The maximum Gasteiger partial charge on any atom is 0.225 e. The zero-order chi connectivity index (χ0) is 17.1. The van der Waals surface area contributed by atoms with Crippen LogP contribution in [0.1, 0.15) is 24.0 Å². The van der Waals surface area contributed by atoms with E-state index in [0.717, 1.165) is 49.7 Å². The average Bonchev–Trinajstić information content (AvgIpc) is 3.06. The molecular weight excluding hydrogens is 316 g/mol. The number of nitrogens with zero attached hydrogens (tertiary/aromatic N) is 4. The first-order valence-electron chi connectivity index (χ1n) is 8.93. The molecule has 2 fully saturated rings. The molecule has 2 aliphatic rings. The molecule has 25 heavy (non-hydrogen) atoms. The Bertz CT molecular complexity index is 680. The number of fused-ring (bicyclic) bond motifs is 1. The van der Waals surface area contributed by atoms with Gasteiger partial charge in [-0.25, -0.2) is 9.97 Å². The predicted octanol–water partition coefficient (Wildman–Crippen LogP) is 2.38. The summed E-state index contributed by atoms with van der Waals surface area (Å²) in [6.45, 7) is 5.01. The summed E-state index contributed by atoms with van der Waals surface area (Å²) in [6.07, 6.45) is 9.75. The van der Waals surface area contributed by atoms with Gasteiger partial charge in [0.15, 0.2) is 0 Å². The predicted molar refractivity (Wildman–Crippen MR) is 94.3 cm³/mol. The summed E-state index contributed by atoms with van der Waals surface area (Å²) in [4.78, 5) is 15.4. The van der Waals surface area contributed by atoms with E-state index in [4.69, 9.17) is 9.47 Å². The van der Waals surface area contributed by atoms with E-state index < -0.39 is 0 Å². The van der Waals surface area contributed by atoms with E-state index in [2.05, 4.69) is 19.9 Å². The summed E-state index contributed by atoms with van der Waals surface area (Å²) in [5, 5.41) is 0. The first-order valence-corrected chi connectivity index (χ1v) is 8.93. The minimum atomic E-state index is 0.258. The SMILES string of the molecule is Cc1cnc(N2CCO[C@H]3C[C@@H](COCc4ccncc4)C[C@@H]32)nc1. The number of hydrogen-bond donors (Lipinski definition) is 0. The summed E-state index contributed by atoms with van der Waals surface area (Å²) in [5.41, 5.74) is 2.25. The van der Waals surface area contributed by atoms with Gasteiger partial charge in [0.05, 0.1) is 32.0 Å². The molecule has 132 valence electrons. The van der Waals surface area contributed by atoms with Crippen molar-refractivity contribution in [3.8, 4) is 0 Å². The lowest BCUT2D eigenvalue weighted by Gasteiger charge is -2.37. The number of rotatable bonds is 5. The second kappa shape index (κ2) is 7.45. The van der Waals surface area contributed by atoms with Gasteiger partial charge in [0, 0.05) is 31.3 Å². The van der Waals surface area contributed by atoms with Crippen molar-refractivity contribution < 1.29 is 9.47 Å². The van der Waals surface area contributed by atoms with Crippen LogP contribution >= 0.6 is 0 Å². The summed E-state index contributed by atoms with van der Waals surface area (Å²) in [5.74, 6) is 1.34. The van der Waals surface area contributed by atoms with E-state index in [1.54, 1.807) is 12.4 Å². The van der Waals surface area contributed by atoms with Crippen molar-refractivity contribution in [1.29, 1.82) is 0 Å². The molecule has 6 heteroatoms. The van der Waals surface area contributed by atoms with Gasteiger partial charge in [0.25, 0.3) is 0 Å². The second-order valence-corrected chi connectivity index (χ2v) is 6.94. The van der Waals surface area contributed by atoms with E-state index in [1.807, 2.05) is 31.5 Å². The van der Waals surface area contributed by atoms with E-state index in [1.165, 1.54) is 0 Å². The van der Waals surface area contributed by atoms with Crippen LogP contribution in [0.15, 0.2) is 36.9 Å². The number of aromatic nitrogens is 3. The highest BCUT2D eigenvalue weighted by molar-refractivity contribution is 5.34. The van der Waals surface area contributed by atoms with Gasteiger partial charge in [-0.2, -0.15) is 0 Å². The number of ether oxygens (including phenoxy) is 2. The fourth-order valence-corrected chi connectivity index (χ4v) is 3.79. The fraction of sp³-hybridized carbons (Fsp3) is 0.526. The third-order valence-electron chi connectivity index (χ3n) is 5.03. The maximum absolute atomic E-state index is 6.01. The number of morpholine rings is 1. The summed E-state index contributed by atoms with van der Waals surface area (Å²) >= 11 is 0. The van der Waals surface area contributed by atoms with Crippen molar-refractivity contribution in [2.45, 2.75) is 38.5 Å². The van der Waals surface area contributed by atoms with Crippen LogP contribution in [0.5, 0.6) is 0 Å². The van der Waals surface area contributed by atoms with Crippen LogP contribution in [-0.2, 0) is 16.1 Å². The molecule has 1 aliphatic heterocycles. The highest BCUT2D eigenvalue weighted by Crippen LogP contribution is 2.35. The van der Waals surface area contributed by atoms with Crippen LogP contribution in [0.25, 0.3) is 0 Å². The van der Waals surface area contributed by atoms with Crippen molar-refractivity contribution in [3.63, 3.8) is 0 Å². The van der Waals surface area contributed by atoms with Gasteiger partial charge in [-0.1, -0.05) is 0 Å². The third-order valence-corrected chi connectivity index (χ3v) is 5.03. The lowest BCUT2D eigenvalue weighted by Crippen LogP contribution is -2.49. The van der Waals surface area contributed by atoms with Crippen LogP contribution in [-0.4, -0.2) is 46.9 Å². The van der Waals surface area contributed by atoms with Crippen molar-refractivity contribution in [3.05, 3.63) is 48.0 Å². The Kier molecular flexibility index (Phi) is 4.90. The zero-order valence-electron chi connectivity index (χ0n) is 14.5. The van der Waals surface area contributed by atoms with E-state index in [9.17, 15) is 0 Å².